The summed E-state index contributed by atoms with van der Waals surface area (Å²) in [6.07, 6.45) is 0. The number of rotatable bonds is 9. The molecular formula is C32H27N3O5. The first-order valence-electron chi connectivity index (χ1n) is 12.8. The molecule has 4 aromatic carbocycles. The molecule has 0 aromatic heterocycles. The zero-order chi connectivity index (χ0) is 28.1. The quantitative estimate of drug-likeness (QED) is 0.295. The Hall–Kier alpha value is -5.24. The first-order valence-corrected chi connectivity index (χ1v) is 12.8. The monoisotopic (exact) mass is 533 g/mol. The SMILES string of the molecule is CN(C(=O)COc1ccccc1N(Cc1ccccc1)C(=O)CN1C(=O)c2ccccc2C1=O)c1ccccc1. The van der Waals surface area contributed by atoms with E-state index < -0.39 is 24.3 Å². The number of ether oxygens (including phenoxy) is 1. The van der Waals surface area contributed by atoms with Crippen LogP contribution >= 0.6 is 0 Å². The van der Waals surface area contributed by atoms with Crippen molar-refractivity contribution >= 4 is 35.0 Å². The van der Waals surface area contributed by atoms with Crippen LogP contribution in [0.5, 0.6) is 5.75 Å². The van der Waals surface area contributed by atoms with Crippen molar-refractivity contribution in [1.29, 1.82) is 0 Å². The highest BCUT2D eigenvalue weighted by molar-refractivity contribution is 6.22. The van der Waals surface area contributed by atoms with E-state index in [0.29, 0.717) is 11.4 Å². The Morgan fingerprint density at radius 1 is 0.700 bits per heavy atom. The molecule has 0 fully saturated rings. The number of imide groups is 1. The van der Waals surface area contributed by atoms with Crippen molar-refractivity contribution in [2.24, 2.45) is 0 Å². The van der Waals surface area contributed by atoms with Gasteiger partial charge in [-0.05, 0) is 42.0 Å². The molecule has 0 atom stereocenters. The van der Waals surface area contributed by atoms with Gasteiger partial charge < -0.3 is 14.5 Å². The third-order valence-corrected chi connectivity index (χ3v) is 6.68. The lowest BCUT2D eigenvalue weighted by Crippen LogP contribution is -2.42. The summed E-state index contributed by atoms with van der Waals surface area (Å²) < 4.78 is 5.94. The molecule has 0 saturated heterocycles. The second-order valence-electron chi connectivity index (χ2n) is 9.25. The molecule has 0 unspecified atom stereocenters. The standard InChI is InChI=1S/C32H27N3O5/c1-33(24-14-6-3-7-15-24)30(37)22-40-28-19-11-10-18-27(28)34(20-23-12-4-2-5-13-23)29(36)21-35-31(38)25-16-8-9-17-26(25)32(35)39/h2-19H,20-22H2,1H3. The normalized spacial score (nSPS) is 12.2. The van der Waals surface area contributed by atoms with Gasteiger partial charge in [-0.2, -0.15) is 0 Å². The van der Waals surface area contributed by atoms with Gasteiger partial charge in [0.1, 0.15) is 12.3 Å². The van der Waals surface area contributed by atoms with Crippen molar-refractivity contribution in [2.45, 2.75) is 6.54 Å². The highest BCUT2D eigenvalue weighted by Gasteiger charge is 2.37. The van der Waals surface area contributed by atoms with Gasteiger partial charge in [-0.1, -0.05) is 72.8 Å². The van der Waals surface area contributed by atoms with Gasteiger partial charge >= 0.3 is 0 Å². The van der Waals surface area contributed by atoms with Crippen LogP contribution in [0.2, 0.25) is 0 Å². The number of para-hydroxylation sites is 3. The largest absolute Gasteiger partial charge is 0.482 e. The minimum atomic E-state index is -0.507. The van der Waals surface area contributed by atoms with Crippen LogP contribution in [-0.4, -0.2) is 48.7 Å². The van der Waals surface area contributed by atoms with Crippen molar-refractivity contribution in [1.82, 2.24) is 4.90 Å². The van der Waals surface area contributed by atoms with Crippen molar-refractivity contribution in [3.05, 3.63) is 126 Å². The van der Waals surface area contributed by atoms with E-state index in [2.05, 4.69) is 0 Å². The smallest absolute Gasteiger partial charge is 0.264 e. The van der Waals surface area contributed by atoms with Gasteiger partial charge in [0.2, 0.25) is 5.91 Å². The molecule has 200 valence electrons. The molecule has 0 spiro atoms. The number of fused-ring (bicyclic) bond motifs is 1. The summed E-state index contributed by atoms with van der Waals surface area (Å²) in [5.41, 5.74) is 2.54. The van der Waals surface area contributed by atoms with E-state index in [0.717, 1.165) is 16.2 Å². The van der Waals surface area contributed by atoms with Crippen LogP contribution in [0.3, 0.4) is 0 Å². The number of hydrogen-bond donors (Lipinski definition) is 0. The number of carbonyl (C=O) groups is 4. The molecule has 4 aromatic rings. The van der Waals surface area contributed by atoms with Crippen LogP contribution in [0.15, 0.2) is 109 Å². The van der Waals surface area contributed by atoms with Crippen LogP contribution < -0.4 is 14.5 Å². The van der Waals surface area contributed by atoms with Gasteiger partial charge in [-0.15, -0.1) is 0 Å². The fourth-order valence-electron chi connectivity index (χ4n) is 4.51. The Morgan fingerprint density at radius 3 is 1.90 bits per heavy atom. The predicted octanol–water partition coefficient (Wildman–Crippen LogP) is 4.56. The molecular weight excluding hydrogens is 506 g/mol. The maximum Gasteiger partial charge on any atom is 0.264 e. The van der Waals surface area contributed by atoms with Crippen molar-refractivity contribution in [2.75, 3.05) is 30.0 Å². The first-order chi connectivity index (χ1) is 19.4. The third-order valence-electron chi connectivity index (χ3n) is 6.68. The van der Waals surface area contributed by atoms with E-state index in [4.69, 9.17) is 4.74 Å². The van der Waals surface area contributed by atoms with Gasteiger partial charge in [0.25, 0.3) is 17.7 Å². The highest BCUT2D eigenvalue weighted by Crippen LogP contribution is 2.31. The third kappa shape index (κ3) is 5.47. The minimum Gasteiger partial charge on any atom is -0.482 e. The summed E-state index contributed by atoms with van der Waals surface area (Å²) in [6.45, 7) is -0.529. The van der Waals surface area contributed by atoms with Crippen LogP contribution in [0.4, 0.5) is 11.4 Å². The molecule has 0 bridgehead atoms. The Morgan fingerprint density at radius 2 is 1.25 bits per heavy atom. The van der Waals surface area contributed by atoms with Gasteiger partial charge in [0.05, 0.1) is 23.4 Å². The van der Waals surface area contributed by atoms with E-state index in [-0.39, 0.29) is 30.2 Å². The number of anilines is 2. The molecule has 0 saturated carbocycles. The number of carbonyl (C=O) groups excluding carboxylic acids is 4. The fourth-order valence-corrected chi connectivity index (χ4v) is 4.51. The van der Waals surface area contributed by atoms with Crippen LogP contribution in [0.25, 0.3) is 0 Å². The summed E-state index contributed by atoms with van der Waals surface area (Å²) >= 11 is 0. The number of amides is 4. The average molecular weight is 534 g/mol. The lowest BCUT2D eigenvalue weighted by Gasteiger charge is -2.27. The van der Waals surface area contributed by atoms with Gasteiger partial charge in [0.15, 0.2) is 6.61 Å². The topological polar surface area (TPSA) is 87.2 Å². The first kappa shape index (κ1) is 26.4. The lowest BCUT2D eigenvalue weighted by atomic mass is 10.1. The zero-order valence-corrected chi connectivity index (χ0v) is 21.9. The van der Waals surface area contributed by atoms with Crippen molar-refractivity contribution in [3.63, 3.8) is 0 Å². The summed E-state index contributed by atoms with van der Waals surface area (Å²) in [7, 11) is 1.67. The molecule has 0 N–H and O–H groups in total. The van der Waals surface area contributed by atoms with E-state index in [1.165, 1.54) is 9.80 Å². The fraction of sp³-hybridized carbons (Fsp3) is 0.125. The van der Waals surface area contributed by atoms with E-state index in [9.17, 15) is 19.2 Å². The molecule has 8 nitrogen and oxygen atoms in total. The van der Waals surface area contributed by atoms with Crippen LogP contribution in [0.1, 0.15) is 26.3 Å². The van der Waals surface area contributed by atoms with E-state index in [1.807, 2.05) is 60.7 Å². The maximum absolute atomic E-state index is 13.8. The van der Waals surface area contributed by atoms with Crippen LogP contribution in [-0.2, 0) is 16.1 Å². The number of hydrogen-bond acceptors (Lipinski definition) is 5. The van der Waals surface area contributed by atoms with E-state index >= 15 is 0 Å². The second-order valence-corrected chi connectivity index (χ2v) is 9.25. The lowest BCUT2D eigenvalue weighted by molar-refractivity contribution is -0.120. The summed E-state index contributed by atoms with van der Waals surface area (Å²) in [4.78, 5) is 56.5. The van der Waals surface area contributed by atoms with Gasteiger partial charge in [0, 0.05) is 12.7 Å². The summed E-state index contributed by atoms with van der Waals surface area (Å²) in [5.74, 6) is -1.43. The summed E-state index contributed by atoms with van der Waals surface area (Å²) in [6, 6.07) is 32.0. The molecule has 5 rings (SSSR count). The molecule has 0 aliphatic carbocycles. The van der Waals surface area contributed by atoms with Gasteiger partial charge in [-0.25, -0.2) is 0 Å². The van der Waals surface area contributed by atoms with Gasteiger partial charge in [-0.3, -0.25) is 24.1 Å². The van der Waals surface area contributed by atoms with Crippen molar-refractivity contribution in [3.8, 4) is 5.75 Å². The molecule has 40 heavy (non-hydrogen) atoms. The Balaban J connectivity index is 1.39. The zero-order valence-electron chi connectivity index (χ0n) is 21.9. The minimum absolute atomic E-state index is 0.168. The molecule has 4 amide bonds. The maximum atomic E-state index is 13.8. The number of likely N-dealkylation sites (N-methyl/N-ethyl adjacent to an activating group) is 1. The second kappa shape index (κ2) is 11.7. The summed E-state index contributed by atoms with van der Waals surface area (Å²) in [5, 5.41) is 0. The highest BCUT2D eigenvalue weighted by atomic mass is 16.5. The Kier molecular flexibility index (Phi) is 7.68. The predicted molar refractivity (Wildman–Crippen MR) is 151 cm³/mol. The Labute approximate surface area is 232 Å². The number of benzene rings is 4. The van der Waals surface area contributed by atoms with E-state index in [1.54, 1.807) is 55.6 Å². The molecule has 1 aliphatic heterocycles. The molecule has 1 heterocycles. The molecule has 1 aliphatic rings. The van der Waals surface area contributed by atoms with Crippen molar-refractivity contribution < 1.29 is 23.9 Å². The molecule has 0 radical (unpaired) electrons. The average Bonchev–Trinajstić information content (AvgIpc) is 3.24. The molecule has 8 heteroatoms. The van der Waals surface area contributed by atoms with Crippen LogP contribution in [0, 0.1) is 0 Å². The number of nitrogens with zero attached hydrogens (tertiary/aromatic N) is 3. The Bertz CT molecular complexity index is 1520.